The minimum Gasteiger partial charge on any atom is -0.0892 e. The first-order chi connectivity index (χ1) is 3.34. The largest absolute Gasteiger partial charge is 0.0892 e. The number of allylic oxidation sites excluding steroid dienone is 2. The van der Waals surface area contributed by atoms with E-state index in [-0.39, 0.29) is 0 Å². The van der Waals surface area contributed by atoms with Crippen molar-refractivity contribution in [3.63, 3.8) is 0 Å². The van der Waals surface area contributed by atoms with Gasteiger partial charge in [0, 0.05) is 5.03 Å². The second-order valence-corrected chi connectivity index (χ2v) is 2.38. The molecule has 1 saturated carbocycles. The van der Waals surface area contributed by atoms with Crippen LogP contribution in [0, 0.1) is 5.92 Å². The van der Waals surface area contributed by atoms with Gasteiger partial charge in [0.15, 0.2) is 0 Å². The van der Waals surface area contributed by atoms with E-state index in [0.717, 1.165) is 11.0 Å². The average Bonchev–Trinajstić information content (AvgIpc) is 2.44. The zero-order valence-corrected chi connectivity index (χ0v) is 5.20. The summed E-state index contributed by atoms with van der Waals surface area (Å²) < 4.78 is 0. The Kier molecular flexibility index (Phi) is 1.38. The van der Waals surface area contributed by atoms with Crippen LogP contribution in [-0.2, 0) is 0 Å². The lowest BCUT2D eigenvalue weighted by Gasteiger charge is -1.85. The van der Waals surface area contributed by atoms with Crippen molar-refractivity contribution in [1.29, 1.82) is 0 Å². The van der Waals surface area contributed by atoms with Crippen molar-refractivity contribution in [2.24, 2.45) is 5.92 Å². The Morgan fingerprint density at radius 1 is 1.71 bits per heavy atom. The molecule has 1 aliphatic carbocycles. The third-order valence-corrected chi connectivity index (χ3v) is 1.77. The summed E-state index contributed by atoms with van der Waals surface area (Å²) in [6.45, 7) is 1.99. The SMILES string of the molecule is CC=C(Cl)C1CC1. The fraction of sp³-hybridized carbons (Fsp3) is 0.667. The molecule has 7 heavy (non-hydrogen) atoms. The summed E-state index contributed by atoms with van der Waals surface area (Å²) in [6, 6.07) is 0. The quantitative estimate of drug-likeness (QED) is 0.494. The molecule has 0 aromatic heterocycles. The second-order valence-electron chi connectivity index (χ2n) is 1.95. The summed E-state index contributed by atoms with van der Waals surface area (Å²) in [4.78, 5) is 0. The van der Waals surface area contributed by atoms with Crippen molar-refractivity contribution in [2.45, 2.75) is 19.8 Å². The number of halogens is 1. The normalized spacial score (nSPS) is 22.9. The molecule has 0 atom stereocenters. The molecule has 1 heteroatoms. The molecule has 0 aromatic carbocycles. The Labute approximate surface area is 49.2 Å². The molecule has 0 unspecified atom stereocenters. The number of rotatable bonds is 1. The van der Waals surface area contributed by atoms with Gasteiger partial charge in [-0.25, -0.2) is 0 Å². The molecule has 0 aromatic rings. The van der Waals surface area contributed by atoms with Crippen LogP contribution < -0.4 is 0 Å². The molecule has 1 aliphatic rings. The lowest BCUT2D eigenvalue weighted by molar-refractivity contribution is 1.09. The van der Waals surface area contributed by atoms with Gasteiger partial charge in [-0.2, -0.15) is 0 Å². The summed E-state index contributed by atoms with van der Waals surface area (Å²) in [5, 5.41) is 1.06. The number of hydrogen-bond donors (Lipinski definition) is 0. The van der Waals surface area contributed by atoms with Crippen LogP contribution in [0.25, 0.3) is 0 Å². The van der Waals surface area contributed by atoms with Crippen LogP contribution >= 0.6 is 11.6 Å². The lowest BCUT2D eigenvalue weighted by Crippen LogP contribution is -1.68. The van der Waals surface area contributed by atoms with Crippen LogP contribution in [-0.4, -0.2) is 0 Å². The second kappa shape index (κ2) is 1.87. The van der Waals surface area contributed by atoms with Gasteiger partial charge in [-0.3, -0.25) is 0 Å². The highest BCUT2D eigenvalue weighted by molar-refractivity contribution is 6.30. The molecular formula is C6H9Cl. The van der Waals surface area contributed by atoms with E-state index in [1.807, 2.05) is 13.0 Å². The molecule has 0 amide bonds. The van der Waals surface area contributed by atoms with E-state index in [9.17, 15) is 0 Å². The zero-order chi connectivity index (χ0) is 5.28. The molecule has 0 N–H and O–H groups in total. The molecule has 0 spiro atoms. The maximum Gasteiger partial charge on any atom is 0.0169 e. The first-order valence-electron chi connectivity index (χ1n) is 2.66. The zero-order valence-electron chi connectivity index (χ0n) is 4.45. The van der Waals surface area contributed by atoms with Gasteiger partial charge < -0.3 is 0 Å². The molecule has 0 bridgehead atoms. The van der Waals surface area contributed by atoms with Gasteiger partial charge in [0.1, 0.15) is 0 Å². The van der Waals surface area contributed by atoms with Crippen LogP contribution in [0.5, 0.6) is 0 Å². The fourth-order valence-electron chi connectivity index (χ4n) is 0.595. The van der Waals surface area contributed by atoms with E-state index in [0.29, 0.717) is 0 Å². The van der Waals surface area contributed by atoms with E-state index in [1.54, 1.807) is 0 Å². The van der Waals surface area contributed by atoms with Gasteiger partial charge in [0.25, 0.3) is 0 Å². The van der Waals surface area contributed by atoms with Crippen molar-refractivity contribution in [1.82, 2.24) is 0 Å². The van der Waals surface area contributed by atoms with Gasteiger partial charge in [0.2, 0.25) is 0 Å². The smallest absolute Gasteiger partial charge is 0.0169 e. The molecule has 1 rings (SSSR count). The summed E-state index contributed by atoms with van der Waals surface area (Å²) in [7, 11) is 0. The number of hydrogen-bond acceptors (Lipinski definition) is 0. The Balaban J connectivity index is 2.37. The van der Waals surface area contributed by atoms with E-state index < -0.39 is 0 Å². The van der Waals surface area contributed by atoms with E-state index in [2.05, 4.69) is 0 Å². The highest BCUT2D eigenvalue weighted by atomic mass is 35.5. The maximum atomic E-state index is 5.72. The van der Waals surface area contributed by atoms with Gasteiger partial charge >= 0.3 is 0 Å². The topological polar surface area (TPSA) is 0 Å². The minimum atomic E-state index is 0.742. The third kappa shape index (κ3) is 1.20. The van der Waals surface area contributed by atoms with Crippen molar-refractivity contribution in [3.8, 4) is 0 Å². The predicted molar refractivity (Wildman–Crippen MR) is 32.3 cm³/mol. The van der Waals surface area contributed by atoms with Crippen molar-refractivity contribution in [3.05, 3.63) is 11.1 Å². The summed E-state index contributed by atoms with van der Waals surface area (Å²) >= 11 is 5.72. The Morgan fingerprint density at radius 2 is 2.29 bits per heavy atom. The highest BCUT2D eigenvalue weighted by Gasteiger charge is 2.23. The summed E-state index contributed by atoms with van der Waals surface area (Å²) in [5.41, 5.74) is 0. The van der Waals surface area contributed by atoms with Crippen molar-refractivity contribution >= 4 is 11.6 Å². The van der Waals surface area contributed by atoms with Gasteiger partial charge in [0.05, 0.1) is 0 Å². The van der Waals surface area contributed by atoms with Crippen LogP contribution in [0.2, 0.25) is 0 Å². The molecule has 1 fully saturated rings. The molecule has 0 nitrogen and oxygen atoms in total. The molecule has 0 saturated heterocycles. The standard InChI is InChI=1S/C6H9Cl/c1-2-6(7)5-3-4-5/h2,5H,3-4H2,1H3. The van der Waals surface area contributed by atoms with Gasteiger partial charge in [-0.15, -0.1) is 0 Å². The monoisotopic (exact) mass is 116 g/mol. The fourth-order valence-corrected chi connectivity index (χ4v) is 0.813. The predicted octanol–water partition coefficient (Wildman–Crippen LogP) is 2.54. The van der Waals surface area contributed by atoms with Gasteiger partial charge in [-0.05, 0) is 25.7 Å². The summed E-state index contributed by atoms with van der Waals surface area (Å²) in [5.74, 6) is 0.742. The maximum absolute atomic E-state index is 5.72. The Hall–Kier alpha value is 0.0300. The van der Waals surface area contributed by atoms with Crippen LogP contribution in [0.4, 0.5) is 0 Å². The van der Waals surface area contributed by atoms with E-state index >= 15 is 0 Å². The van der Waals surface area contributed by atoms with Crippen LogP contribution in [0.3, 0.4) is 0 Å². The van der Waals surface area contributed by atoms with E-state index in [4.69, 9.17) is 11.6 Å². The van der Waals surface area contributed by atoms with E-state index in [1.165, 1.54) is 12.8 Å². The first-order valence-corrected chi connectivity index (χ1v) is 3.04. The minimum absolute atomic E-state index is 0.742. The third-order valence-electron chi connectivity index (χ3n) is 1.24. The average molecular weight is 117 g/mol. The summed E-state index contributed by atoms with van der Waals surface area (Å²) in [6.07, 6.45) is 4.60. The van der Waals surface area contributed by atoms with Gasteiger partial charge in [-0.1, -0.05) is 17.7 Å². The lowest BCUT2D eigenvalue weighted by atomic mass is 10.4. The Morgan fingerprint density at radius 3 is 2.43 bits per heavy atom. The first kappa shape index (κ1) is 5.17. The van der Waals surface area contributed by atoms with Crippen molar-refractivity contribution in [2.75, 3.05) is 0 Å². The van der Waals surface area contributed by atoms with Crippen LogP contribution in [0.1, 0.15) is 19.8 Å². The van der Waals surface area contributed by atoms with Crippen molar-refractivity contribution < 1.29 is 0 Å². The highest BCUT2D eigenvalue weighted by Crippen LogP contribution is 2.38. The molecule has 0 heterocycles. The van der Waals surface area contributed by atoms with Crippen LogP contribution in [0.15, 0.2) is 11.1 Å². The molecular weight excluding hydrogens is 108 g/mol. The molecule has 40 valence electrons. The molecule has 0 aliphatic heterocycles. The molecule has 0 radical (unpaired) electrons. The Bertz CT molecular complexity index is 90.4.